The fraction of sp³-hybridized carbons (Fsp3) is 0.300. The molecule has 1 amide bonds. The number of ether oxygens (including phenoxy) is 1. The number of aromatic amines is 1. The molecule has 1 aliphatic rings. The fourth-order valence-electron chi connectivity index (χ4n) is 2.91. The van der Waals surface area contributed by atoms with Crippen LogP contribution >= 0.6 is 11.6 Å². The lowest BCUT2D eigenvalue weighted by Gasteiger charge is -2.13. The van der Waals surface area contributed by atoms with Crippen molar-refractivity contribution in [1.82, 2.24) is 10.3 Å². The normalized spacial score (nSPS) is 17.0. The molecule has 1 atom stereocenters. The van der Waals surface area contributed by atoms with Gasteiger partial charge in [-0.3, -0.25) is 9.59 Å². The smallest absolute Gasteiger partial charge is 0.290 e. The number of amides is 1. The Morgan fingerprint density at radius 3 is 2.63 bits per heavy atom. The van der Waals surface area contributed by atoms with E-state index in [1.165, 1.54) is 0 Å². The van der Waals surface area contributed by atoms with Gasteiger partial charge in [-0.2, -0.15) is 0 Å². The summed E-state index contributed by atoms with van der Waals surface area (Å²) in [4.78, 5) is 26.7. The van der Waals surface area contributed by atoms with Crippen LogP contribution in [0.3, 0.4) is 0 Å². The van der Waals surface area contributed by atoms with Gasteiger partial charge in [0.25, 0.3) is 5.56 Å². The van der Waals surface area contributed by atoms with Crippen molar-refractivity contribution in [2.45, 2.75) is 25.3 Å². The molecule has 0 bridgehead atoms. The summed E-state index contributed by atoms with van der Waals surface area (Å²) >= 11 is 5.99. The molecule has 27 heavy (non-hydrogen) atoms. The van der Waals surface area contributed by atoms with Gasteiger partial charge < -0.3 is 20.1 Å². The number of rotatable bonds is 7. The van der Waals surface area contributed by atoms with E-state index in [-0.39, 0.29) is 36.5 Å². The third-order valence-electron chi connectivity index (χ3n) is 4.28. The monoisotopic (exact) mass is 388 g/mol. The lowest BCUT2D eigenvalue weighted by Crippen LogP contribution is -2.23. The lowest BCUT2D eigenvalue weighted by atomic mass is 9.99. The topological polar surface area (TPSA) is 91.4 Å². The number of aliphatic hydroxyl groups excluding tert-OH is 1. The van der Waals surface area contributed by atoms with Crippen molar-refractivity contribution in [1.29, 1.82) is 0 Å². The summed E-state index contributed by atoms with van der Waals surface area (Å²) in [5, 5.41) is 12.4. The van der Waals surface area contributed by atoms with Crippen molar-refractivity contribution in [3.8, 4) is 5.75 Å². The molecule has 1 aromatic carbocycles. The van der Waals surface area contributed by atoms with Crippen LogP contribution in [-0.2, 0) is 4.79 Å². The maximum absolute atomic E-state index is 12.4. The van der Waals surface area contributed by atoms with Gasteiger partial charge >= 0.3 is 0 Å². The number of aliphatic hydroxyl groups is 1. The van der Waals surface area contributed by atoms with E-state index in [1.807, 2.05) is 18.2 Å². The van der Waals surface area contributed by atoms with Gasteiger partial charge in [0.15, 0.2) is 5.75 Å². The molecular formula is C20H21ClN2O4. The van der Waals surface area contributed by atoms with E-state index in [1.54, 1.807) is 24.3 Å². The third kappa shape index (κ3) is 4.99. The first kappa shape index (κ1) is 19.2. The average Bonchev–Trinajstić information content (AvgIpc) is 3.07. The zero-order valence-corrected chi connectivity index (χ0v) is 15.5. The second-order valence-corrected chi connectivity index (χ2v) is 6.73. The molecule has 142 valence electrons. The number of nitrogens with one attached hydrogen (secondary N) is 2. The second-order valence-electron chi connectivity index (χ2n) is 6.29. The number of hydrogen-bond donors (Lipinski definition) is 3. The van der Waals surface area contributed by atoms with E-state index in [2.05, 4.69) is 10.3 Å². The van der Waals surface area contributed by atoms with Crippen LogP contribution in [0.5, 0.6) is 5.75 Å². The van der Waals surface area contributed by atoms with Crippen molar-refractivity contribution in [2.24, 2.45) is 0 Å². The maximum atomic E-state index is 12.4. The van der Waals surface area contributed by atoms with E-state index in [0.717, 1.165) is 11.1 Å². The maximum Gasteiger partial charge on any atom is 0.290 e. The molecule has 2 heterocycles. The Hall–Kier alpha value is -2.57. The van der Waals surface area contributed by atoms with Crippen molar-refractivity contribution in [3.05, 3.63) is 69.1 Å². The first-order valence-electron chi connectivity index (χ1n) is 8.81. The van der Waals surface area contributed by atoms with Crippen LogP contribution in [0.15, 0.2) is 47.3 Å². The minimum absolute atomic E-state index is 0.00650. The number of carbonyl (C=O) groups excluding carboxylic acids is 1. The van der Waals surface area contributed by atoms with E-state index < -0.39 is 0 Å². The number of carbonyl (C=O) groups is 1. The Kier molecular flexibility index (Phi) is 6.32. The minimum Gasteiger partial charge on any atom is -0.488 e. The Morgan fingerprint density at radius 2 is 2.00 bits per heavy atom. The largest absolute Gasteiger partial charge is 0.488 e. The number of halogens is 1. The Labute approximate surface area is 161 Å². The highest BCUT2D eigenvalue weighted by Gasteiger charge is 2.20. The van der Waals surface area contributed by atoms with Crippen molar-refractivity contribution in [2.75, 3.05) is 13.2 Å². The van der Waals surface area contributed by atoms with Crippen LogP contribution < -0.4 is 15.6 Å². The molecule has 1 aromatic heterocycles. The highest BCUT2D eigenvalue weighted by atomic mass is 35.5. The zero-order chi connectivity index (χ0) is 19.2. The van der Waals surface area contributed by atoms with Crippen molar-refractivity contribution >= 4 is 23.1 Å². The predicted molar refractivity (Wildman–Crippen MR) is 104 cm³/mol. The molecule has 0 unspecified atom stereocenters. The van der Waals surface area contributed by atoms with Crippen LogP contribution in [0.2, 0.25) is 5.02 Å². The molecule has 6 nitrogen and oxygen atoms in total. The van der Waals surface area contributed by atoms with Gasteiger partial charge in [-0.1, -0.05) is 29.8 Å². The average molecular weight is 389 g/mol. The van der Waals surface area contributed by atoms with Crippen LogP contribution in [0.25, 0.3) is 5.57 Å². The van der Waals surface area contributed by atoms with Crippen LogP contribution in [0.4, 0.5) is 0 Å². The number of aromatic nitrogens is 1. The molecule has 3 rings (SSSR count). The quantitative estimate of drug-likeness (QED) is 0.635. The van der Waals surface area contributed by atoms with Gasteiger partial charge in [0.2, 0.25) is 5.91 Å². The summed E-state index contributed by atoms with van der Waals surface area (Å²) in [7, 11) is 0. The van der Waals surface area contributed by atoms with Crippen molar-refractivity contribution < 1.29 is 14.6 Å². The van der Waals surface area contributed by atoms with E-state index in [9.17, 15) is 9.59 Å². The van der Waals surface area contributed by atoms with Crippen LogP contribution in [-0.4, -0.2) is 35.3 Å². The second kappa shape index (κ2) is 8.88. The summed E-state index contributed by atoms with van der Waals surface area (Å²) in [5.74, 6) is 0.227. The molecule has 0 aliphatic carbocycles. The molecule has 0 spiro atoms. The Balaban J connectivity index is 1.94. The molecule has 1 fully saturated rings. The molecule has 2 aromatic rings. The standard InChI is InChI=1S/C20H21ClN2O4/c21-14-4-2-13(3-5-14)16(12-15-6-9-19(25)22-15)17-7-8-18(20(26)23-17)27-11-1-10-24/h2-5,7-8,12,15,24H,1,6,9-11H2,(H,22,25)(H,23,26)/b16-12-/t15-/m1/s1. The Bertz CT molecular complexity index is 890. The van der Waals surface area contributed by atoms with E-state index >= 15 is 0 Å². The molecular weight excluding hydrogens is 368 g/mol. The van der Waals surface area contributed by atoms with Gasteiger partial charge in [0, 0.05) is 41.8 Å². The van der Waals surface area contributed by atoms with Gasteiger partial charge in [-0.25, -0.2) is 0 Å². The number of hydrogen-bond acceptors (Lipinski definition) is 4. The summed E-state index contributed by atoms with van der Waals surface area (Å²) in [6.45, 7) is 0.277. The lowest BCUT2D eigenvalue weighted by molar-refractivity contribution is -0.119. The van der Waals surface area contributed by atoms with Gasteiger partial charge in [0.1, 0.15) is 0 Å². The highest BCUT2D eigenvalue weighted by Crippen LogP contribution is 2.25. The van der Waals surface area contributed by atoms with Crippen LogP contribution in [0, 0.1) is 0 Å². The van der Waals surface area contributed by atoms with E-state index in [0.29, 0.717) is 30.0 Å². The molecule has 0 radical (unpaired) electrons. The van der Waals surface area contributed by atoms with Gasteiger partial charge in [-0.15, -0.1) is 0 Å². The summed E-state index contributed by atoms with van der Waals surface area (Å²) in [6.07, 6.45) is 3.61. The first-order valence-corrected chi connectivity index (χ1v) is 9.19. The van der Waals surface area contributed by atoms with Crippen molar-refractivity contribution in [3.63, 3.8) is 0 Å². The molecule has 1 aliphatic heterocycles. The summed E-state index contributed by atoms with van der Waals surface area (Å²) < 4.78 is 5.38. The summed E-state index contributed by atoms with van der Waals surface area (Å²) in [5.41, 5.74) is 1.96. The highest BCUT2D eigenvalue weighted by molar-refractivity contribution is 6.30. The molecule has 1 saturated heterocycles. The zero-order valence-electron chi connectivity index (χ0n) is 14.7. The SMILES string of the molecule is O=C1CC[C@H](/C=C(/c2ccc(Cl)cc2)c2ccc(OCCCO)c(=O)[nH]2)N1. The number of pyridine rings is 1. The molecule has 7 heteroatoms. The third-order valence-corrected chi connectivity index (χ3v) is 4.53. The van der Waals surface area contributed by atoms with E-state index in [4.69, 9.17) is 21.4 Å². The minimum atomic E-state index is -0.347. The molecule has 3 N–H and O–H groups in total. The molecule has 0 saturated carbocycles. The number of H-pyrrole nitrogens is 1. The Morgan fingerprint density at radius 1 is 1.22 bits per heavy atom. The van der Waals surface area contributed by atoms with Crippen LogP contribution in [0.1, 0.15) is 30.5 Å². The van der Waals surface area contributed by atoms with Gasteiger partial charge in [0.05, 0.1) is 6.61 Å². The van der Waals surface area contributed by atoms with Gasteiger partial charge in [-0.05, 0) is 36.2 Å². The fourth-order valence-corrected chi connectivity index (χ4v) is 3.04. The summed E-state index contributed by atoms with van der Waals surface area (Å²) in [6, 6.07) is 10.6. The first-order chi connectivity index (χ1) is 13.1. The number of benzene rings is 1. The predicted octanol–water partition coefficient (Wildman–Crippen LogP) is 2.50.